The van der Waals surface area contributed by atoms with Gasteiger partial charge in [-0.15, -0.1) is 11.3 Å². The van der Waals surface area contributed by atoms with Crippen molar-refractivity contribution < 1.29 is 44.7 Å². The van der Waals surface area contributed by atoms with E-state index in [9.17, 15) is 45.1 Å². The molecule has 45 heavy (non-hydrogen) atoms. The van der Waals surface area contributed by atoms with E-state index in [2.05, 4.69) is 5.32 Å². The number of rotatable bonds is 14. The molecule has 14 nitrogen and oxygen atoms in total. The Morgan fingerprint density at radius 1 is 0.978 bits per heavy atom. The van der Waals surface area contributed by atoms with Crippen LogP contribution in [0.2, 0.25) is 0 Å². The van der Waals surface area contributed by atoms with E-state index in [4.69, 9.17) is 4.42 Å². The van der Waals surface area contributed by atoms with Crippen molar-refractivity contribution in [1.82, 2.24) is 10.2 Å². The summed E-state index contributed by atoms with van der Waals surface area (Å²) in [4.78, 5) is 49.9. The van der Waals surface area contributed by atoms with Crippen LogP contribution in [0.1, 0.15) is 32.6 Å². The summed E-state index contributed by atoms with van der Waals surface area (Å²) in [6, 6.07) is 6.95. The summed E-state index contributed by atoms with van der Waals surface area (Å²) in [6.07, 6.45) is 4.83. The number of thiophene rings is 1. The normalized spacial score (nSPS) is 13.4. The molecule has 1 aliphatic heterocycles. The van der Waals surface area contributed by atoms with Gasteiger partial charge in [0.15, 0.2) is 0 Å². The predicted molar refractivity (Wildman–Crippen MR) is 168 cm³/mol. The molecular formula is C27H30N3NaO11S3. The van der Waals surface area contributed by atoms with Crippen molar-refractivity contribution in [1.29, 1.82) is 0 Å². The molecule has 0 bridgehead atoms. The van der Waals surface area contributed by atoms with Gasteiger partial charge in [-0.3, -0.25) is 28.4 Å². The van der Waals surface area contributed by atoms with Crippen LogP contribution in [0.5, 0.6) is 0 Å². The molecule has 18 heteroatoms. The van der Waals surface area contributed by atoms with E-state index >= 15 is 0 Å². The van der Waals surface area contributed by atoms with Crippen LogP contribution in [0, 0.1) is 0 Å². The third kappa shape index (κ3) is 9.10. The van der Waals surface area contributed by atoms with Gasteiger partial charge in [0.25, 0.3) is 21.9 Å². The van der Waals surface area contributed by atoms with Gasteiger partial charge in [-0.2, -0.15) is 16.8 Å². The molecule has 1 aromatic carbocycles. The van der Waals surface area contributed by atoms with E-state index in [0.29, 0.717) is 48.7 Å². The van der Waals surface area contributed by atoms with Crippen molar-refractivity contribution in [2.75, 3.05) is 31.1 Å². The zero-order valence-electron chi connectivity index (χ0n) is 23.4. The third-order valence-corrected chi connectivity index (χ3v) is 10.3. The van der Waals surface area contributed by atoms with Crippen molar-refractivity contribution in [2.45, 2.75) is 41.7 Å². The van der Waals surface area contributed by atoms with Crippen LogP contribution in [0.3, 0.4) is 0 Å². The molecule has 2 aromatic heterocycles. The zero-order chi connectivity index (χ0) is 32.2. The molecule has 0 saturated heterocycles. The van der Waals surface area contributed by atoms with Gasteiger partial charge < -0.3 is 14.6 Å². The summed E-state index contributed by atoms with van der Waals surface area (Å²) in [6.45, 7) is 3.51. The Labute approximate surface area is 284 Å². The number of hydrogen-bond donors (Lipinski definition) is 3. The minimum atomic E-state index is -4.94. The summed E-state index contributed by atoms with van der Waals surface area (Å²) in [5.74, 6) is -0.964. The van der Waals surface area contributed by atoms with E-state index in [1.807, 2.05) is 11.8 Å². The van der Waals surface area contributed by atoms with Gasteiger partial charge in [0, 0.05) is 61.9 Å². The summed E-state index contributed by atoms with van der Waals surface area (Å²) in [5, 5.41) is 3.11. The van der Waals surface area contributed by atoms with Crippen LogP contribution in [0.25, 0.3) is 21.4 Å². The van der Waals surface area contributed by atoms with Crippen molar-refractivity contribution in [3.63, 3.8) is 0 Å². The van der Waals surface area contributed by atoms with Crippen LogP contribution in [0.4, 0.5) is 5.69 Å². The van der Waals surface area contributed by atoms with Gasteiger partial charge >= 0.3 is 45.3 Å². The Morgan fingerprint density at radius 3 is 2.29 bits per heavy atom. The van der Waals surface area contributed by atoms with Crippen LogP contribution in [-0.2, 0) is 34.6 Å². The quantitative estimate of drug-likeness (QED) is 0.0727. The number of imide groups is 1. The number of benzene rings is 1. The molecule has 3 heterocycles. The van der Waals surface area contributed by atoms with Crippen LogP contribution < -0.4 is 15.8 Å². The van der Waals surface area contributed by atoms with E-state index in [1.54, 1.807) is 18.2 Å². The first kappa shape index (κ1) is 36.6. The number of fused-ring (bicyclic) bond motifs is 1. The topological polar surface area (TPSA) is 209 Å². The molecular weight excluding hydrogens is 661 g/mol. The maximum atomic E-state index is 12.9. The number of carbonyl (C=O) groups is 3. The van der Waals surface area contributed by atoms with E-state index in [1.165, 1.54) is 18.2 Å². The number of unbranched alkanes of at least 4 members (excludes halogenated alkanes) is 2. The van der Waals surface area contributed by atoms with Crippen molar-refractivity contribution in [2.24, 2.45) is 0 Å². The third-order valence-electron chi connectivity index (χ3n) is 6.81. The molecule has 3 aromatic rings. The molecule has 0 atom stereocenters. The second-order valence-electron chi connectivity index (χ2n) is 9.78. The monoisotopic (exact) mass is 691 g/mol. The second kappa shape index (κ2) is 15.1. The molecule has 1 aliphatic rings. The SMILES string of the molecule is CCN(CCCCCC(=O)NCCN1C(=O)C=CC1=O)c1ccc2cc(-c3sc(S(=O)(=O)O)cc3S(=O)(=O)O)c(=O)oc2c1.[NaH]. The van der Waals surface area contributed by atoms with Crippen LogP contribution in [0.15, 0.2) is 60.8 Å². The van der Waals surface area contributed by atoms with Crippen LogP contribution in [-0.4, -0.2) is 104 Å². The number of hydrogen-bond acceptors (Lipinski definition) is 11. The maximum absolute atomic E-state index is 12.9. The Hall–Kier alpha value is -2.90. The molecule has 0 saturated carbocycles. The molecule has 3 amide bonds. The Kier molecular flexibility index (Phi) is 12.3. The van der Waals surface area contributed by atoms with Crippen molar-refractivity contribution in [3.05, 3.63) is 52.9 Å². The second-order valence-corrected chi connectivity index (χ2v) is 13.9. The molecule has 0 fully saturated rings. The number of carbonyl (C=O) groups excluding carboxylic acids is 3. The first-order valence-corrected chi connectivity index (χ1v) is 17.1. The molecule has 4 rings (SSSR count). The van der Waals surface area contributed by atoms with Gasteiger partial charge in [-0.1, -0.05) is 6.42 Å². The molecule has 238 valence electrons. The van der Waals surface area contributed by atoms with Gasteiger partial charge in [0.1, 0.15) is 14.7 Å². The summed E-state index contributed by atoms with van der Waals surface area (Å²) < 4.78 is 70.5. The van der Waals surface area contributed by atoms with Gasteiger partial charge in [-0.25, -0.2) is 4.79 Å². The van der Waals surface area contributed by atoms with Crippen molar-refractivity contribution in [3.8, 4) is 10.4 Å². The molecule has 3 N–H and O–H groups in total. The van der Waals surface area contributed by atoms with E-state index < -0.39 is 51.7 Å². The summed E-state index contributed by atoms with van der Waals surface area (Å²) in [5.41, 5.74) is -0.332. The Morgan fingerprint density at radius 2 is 1.67 bits per heavy atom. The van der Waals surface area contributed by atoms with E-state index in [-0.39, 0.29) is 59.7 Å². The Balaban J connectivity index is 0.00000552. The number of anilines is 1. The Bertz CT molecular complexity index is 1900. The van der Waals surface area contributed by atoms with Gasteiger partial charge in [0.2, 0.25) is 5.91 Å². The fraction of sp³-hybridized carbons (Fsp3) is 0.333. The standard InChI is InChI=1S/C27H29N3O11S3.Na.H/c1-2-29(12-5-3-4-6-22(31)28-11-13-30-23(32)9-10-24(30)33)18-8-7-17-14-19(27(34)41-20(17)15-18)26-21(43(35,36)37)16-25(42-26)44(38,39)40;;/h7-10,14-16H,2-6,11-13H2,1H3,(H,28,31)(H,35,36,37)(H,38,39,40);;. The molecule has 0 aliphatic carbocycles. The fourth-order valence-corrected chi connectivity index (χ4v) is 7.52. The van der Waals surface area contributed by atoms with Gasteiger partial charge in [-0.05, 0) is 44.0 Å². The number of nitrogens with one attached hydrogen (secondary N) is 1. The molecule has 0 unspecified atom stereocenters. The number of nitrogens with zero attached hydrogens (tertiary/aromatic N) is 2. The average molecular weight is 692 g/mol. The van der Waals surface area contributed by atoms with Gasteiger partial charge in [0.05, 0.1) is 10.4 Å². The van der Waals surface area contributed by atoms with Crippen LogP contribution >= 0.6 is 11.3 Å². The first-order chi connectivity index (χ1) is 20.7. The molecule has 0 radical (unpaired) electrons. The summed E-state index contributed by atoms with van der Waals surface area (Å²) in [7, 11) is -9.75. The minimum absolute atomic E-state index is 0. The van der Waals surface area contributed by atoms with E-state index in [0.717, 1.165) is 23.4 Å². The zero-order valence-corrected chi connectivity index (χ0v) is 25.8. The summed E-state index contributed by atoms with van der Waals surface area (Å²) >= 11 is 0.306. The average Bonchev–Trinajstić information content (AvgIpc) is 3.54. The number of amides is 3. The fourth-order valence-electron chi connectivity index (χ4n) is 4.60. The predicted octanol–water partition coefficient (Wildman–Crippen LogP) is 1.79. The van der Waals surface area contributed by atoms with Crippen molar-refractivity contribution >= 4 is 95.5 Å². The molecule has 0 spiro atoms. The first-order valence-electron chi connectivity index (χ1n) is 13.4.